The number of rotatable bonds is 8. The summed E-state index contributed by atoms with van der Waals surface area (Å²) in [6.45, 7) is 8.43. The summed E-state index contributed by atoms with van der Waals surface area (Å²) < 4.78 is 0. The maximum Gasteiger partial charge on any atom is 0.144 e. The number of nitrogens with one attached hydrogen (secondary N) is 1. The zero-order valence-electron chi connectivity index (χ0n) is 12.1. The van der Waals surface area contributed by atoms with E-state index in [2.05, 4.69) is 48.0 Å². The average molecular weight is 250 g/mol. The molecular formula is C14H26N4. The van der Waals surface area contributed by atoms with Crippen LogP contribution in [0.5, 0.6) is 0 Å². The monoisotopic (exact) mass is 250 g/mol. The summed E-state index contributed by atoms with van der Waals surface area (Å²) in [7, 11) is 2.14. The Hall–Kier alpha value is -1.16. The second-order valence-corrected chi connectivity index (χ2v) is 4.87. The quantitative estimate of drug-likeness (QED) is 0.770. The summed E-state index contributed by atoms with van der Waals surface area (Å²) in [6, 6.07) is 0.592. The Morgan fingerprint density at radius 1 is 1.22 bits per heavy atom. The highest BCUT2D eigenvalue weighted by atomic mass is 15.1. The fourth-order valence-electron chi connectivity index (χ4n) is 1.83. The zero-order valence-corrected chi connectivity index (χ0v) is 12.1. The molecular weight excluding hydrogens is 224 g/mol. The van der Waals surface area contributed by atoms with E-state index in [9.17, 15) is 0 Å². The second kappa shape index (κ2) is 8.03. The van der Waals surface area contributed by atoms with E-state index < -0.39 is 0 Å². The van der Waals surface area contributed by atoms with Crippen LogP contribution < -0.4 is 5.32 Å². The minimum Gasteiger partial charge on any atom is -0.369 e. The lowest BCUT2D eigenvalue weighted by Crippen LogP contribution is -2.28. The van der Waals surface area contributed by atoms with E-state index in [-0.39, 0.29) is 0 Å². The van der Waals surface area contributed by atoms with Gasteiger partial charge in [-0.1, -0.05) is 20.3 Å². The van der Waals surface area contributed by atoms with Gasteiger partial charge in [0.25, 0.3) is 0 Å². The van der Waals surface area contributed by atoms with Gasteiger partial charge in [-0.05, 0) is 26.8 Å². The van der Waals surface area contributed by atoms with E-state index in [0.29, 0.717) is 6.04 Å². The predicted octanol–water partition coefficient (Wildman–Crippen LogP) is 2.92. The van der Waals surface area contributed by atoms with E-state index in [1.165, 1.54) is 12.8 Å². The minimum absolute atomic E-state index is 0.592. The van der Waals surface area contributed by atoms with Crippen molar-refractivity contribution >= 4 is 5.82 Å². The molecule has 0 aliphatic rings. The summed E-state index contributed by atoms with van der Waals surface area (Å²) in [5, 5.41) is 3.23. The molecule has 102 valence electrons. The van der Waals surface area contributed by atoms with Crippen molar-refractivity contribution in [2.24, 2.45) is 0 Å². The van der Waals surface area contributed by atoms with E-state index >= 15 is 0 Å². The number of anilines is 1. The number of nitrogens with zero attached hydrogens (tertiary/aromatic N) is 3. The maximum absolute atomic E-state index is 4.45. The maximum atomic E-state index is 4.45. The highest BCUT2D eigenvalue weighted by Crippen LogP contribution is 2.09. The molecule has 0 amide bonds. The number of hydrogen-bond donors (Lipinski definition) is 1. The van der Waals surface area contributed by atoms with Gasteiger partial charge in [0.1, 0.15) is 5.82 Å². The van der Waals surface area contributed by atoms with Crippen molar-refractivity contribution in [1.29, 1.82) is 0 Å². The summed E-state index contributed by atoms with van der Waals surface area (Å²) in [5.74, 6) is 0.866. The molecule has 0 spiro atoms. The third kappa shape index (κ3) is 5.00. The lowest BCUT2D eigenvalue weighted by atomic mass is 10.2. The van der Waals surface area contributed by atoms with Crippen molar-refractivity contribution in [2.45, 2.75) is 52.6 Å². The first-order valence-electron chi connectivity index (χ1n) is 6.92. The number of aromatic nitrogens is 2. The van der Waals surface area contributed by atoms with Crippen molar-refractivity contribution in [3.63, 3.8) is 0 Å². The Labute approximate surface area is 111 Å². The Kier molecular flexibility index (Phi) is 6.65. The van der Waals surface area contributed by atoms with Gasteiger partial charge in [0.15, 0.2) is 0 Å². The summed E-state index contributed by atoms with van der Waals surface area (Å²) in [4.78, 5) is 11.1. The van der Waals surface area contributed by atoms with Gasteiger partial charge in [-0.25, -0.2) is 4.98 Å². The summed E-state index contributed by atoms with van der Waals surface area (Å²) >= 11 is 0. The van der Waals surface area contributed by atoms with Gasteiger partial charge < -0.3 is 5.32 Å². The normalized spacial score (nSPS) is 12.7. The van der Waals surface area contributed by atoms with E-state index in [0.717, 1.165) is 31.0 Å². The SMILES string of the molecule is CCCNc1cnc(CN(C)C(C)CCC)cn1. The van der Waals surface area contributed by atoms with Crippen molar-refractivity contribution in [3.05, 3.63) is 18.1 Å². The van der Waals surface area contributed by atoms with E-state index in [4.69, 9.17) is 0 Å². The zero-order chi connectivity index (χ0) is 13.4. The highest BCUT2D eigenvalue weighted by Gasteiger charge is 2.09. The third-order valence-corrected chi connectivity index (χ3v) is 3.13. The van der Waals surface area contributed by atoms with Crippen LogP contribution in [0.1, 0.15) is 45.7 Å². The largest absolute Gasteiger partial charge is 0.369 e. The van der Waals surface area contributed by atoms with Gasteiger partial charge in [0.2, 0.25) is 0 Å². The topological polar surface area (TPSA) is 41.1 Å². The molecule has 4 heteroatoms. The van der Waals surface area contributed by atoms with Crippen LogP contribution in [-0.2, 0) is 6.54 Å². The summed E-state index contributed by atoms with van der Waals surface area (Å²) in [5.41, 5.74) is 1.03. The molecule has 0 radical (unpaired) electrons. The molecule has 1 atom stereocenters. The van der Waals surface area contributed by atoms with Gasteiger partial charge in [-0.3, -0.25) is 9.88 Å². The molecule has 0 aromatic carbocycles. The molecule has 18 heavy (non-hydrogen) atoms. The standard InChI is InChI=1S/C14H26N4/c1-5-7-12(3)18(4)11-13-9-17-14(10-16-13)15-8-6-2/h9-10,12H,5-8,11H2,1-4H3,(H,15,17). The molecule has 0 saturated heterocycles. The smallest absolute Gasteiger partial charge is 0.144 e. The average Bonchev–Trinajstić information content (AvgIpc) is 2.38. The van der Waals surface area contributed by atoms with Crippen LogP contribution in [0.4, 0.5) is 5.82 Å². The van der Waals surface area contributed by atoms with Crippen molar-refractivity contribution < 1.29 is 0 Å². The summed E-state index contributed by atoms with van der Waals surface area (Å²) in [6.07, 6.45) is 7.23. The lowest BCUT2D eigenvalue weighted by molar-refractivity contribution is 0.234. The molecule has 1 rings (SSSR count). The number of hydrogen-bond acceptors (Lipinski definition) is 4. The minimum atomic E-state index is 0.592. The van der Waals surface area contributed by atoms with Crippen LogP contribution in [0.25, 0.3) is 0 Å². The predicted molar refractivity (Wildman–Crippen MR) is 76.6 cm³/mol. The van der Waals surface area contributed by atoms with Gasteiger partial charge in [0, 0.05) is 19.1 Å². The van der Waals surface area contributed by atoms with Gasteiger partial charge >= 0.3 is 0 Å². The molecule has 1 N–H and O–H groups in total. The molecule has 1 aromatic rings. The molecule has 1 heterocycles. The molecule has 0 saturated carbocycles. The first kappa shape index (κ1) is 14.9. The van der Waals surface area contributed by atoms with Gasteiger partial charge in [-0.2, -0.15) is 0 Å². The van der Waals surface area contributed by atoms with Crippen LogP contribution >= 0.6 is 0 Å². The van der Waals surface area contributed by atoms with Crippen LogP contribution in [-0.4, -0.2) is 34.5 Å². The molecule has 0 bridgehead atoms. The Balaban J connectivity index is 2.47. The van der Waals surface area contributed by atoms with Crippen molar-refractivity contribution in [3.8, 4) is 0 Å². The Morgan fingerprint density at radius 3 is 2.56 bits per heavy atom. The molecule has 1 aromatic heterocycles. The van der Waals surface area contributed by atoms with E-state index in [1.54, 1.807) is 0 Å². The molecule has 0 aliphatic carbocycles. The van der Waals surface area contributed by atoms with Crippen LogP contribution in [0.3, 0.4) is 0 Å². The Bertz CT molecular complexity index is 323. The lowest BCUT2D eigenvalue weighted by Gasteiger charge is -2.23. The third-order valence-electron chi connectivity index (χ3n) is 3.13. The van der Waals surface area contributed by atoms with E-state index in [1.807, 2.05) is 12.4 Å². The first-order valence-corrected chi connectivity index (χ1v) is 6.92. The van der Waals surface area contributed by atoms with Crippen LogP contribution in [0.15, 0.2) is 12.4 Å². The van der Waals surface area contributed by atoms with Gasteiger partial charge in [-0.15, -0.1) is 0 Å². The van der Waals surface area contributed by atoms with Crippen LogP contribution in [0, 0.1) is 0 Å². The first-order chi connectivity index (χ1) is 8.67. The molecule has 1 unspecified atom stereocenters. The second-order valence-electron chi connectivity index (χ2n) is 4.87. The highest BCUT2D eigenvalue weighted by molar-refractivity contribution is 5.30. The molecule has 0 aliphatic heterocycles. The molecule has 4 nitrogen and oxygen atoms in total. The Morgan fingerprint density at radius 2 is 2.00 bits per heavy atom. The van der Waals surface area contributed by atoms with Crippen LogP contribution in [0.2, 0.25) is 0 Å². The fourth-order valence-corrected chi connectivity index (χ4v) is 1.83. The van der Waals surface area contributed by atoms with Crippen molar-refractivity contribution in [2.75, 3.05) is 18.9 Å². The van der Waals surface area contributed by atoms with Crippen molar-refractivity contribution in [1.82, 2.24) is 14.9 Å². The fraction of sp³-hybridized carbons (Fsp3) is 0.714. The molecule has 0 fully saturated rings. The van der Waals surface area contributed by atoms with Gasteiger partial charge in [0.05, 0.1) is 18.1 Å².